The molecule has 1 aromatic rings. The molecule has 0 saturated heterocycles. The van der Waals surface area contributed by atoms with Gasteiger partial charge in [-0.3, -0.25) is 4.79 Å². The number of hydrogen-bond donors (Lipinski definition) is 1. The molecule has 0 radical (unpaired) electrons. The molecule has 0 spiro atoms. The minimum atomic E-state index is -0.288. The fourth-order valence-corrected chi connectivity index (χ4v) is 1.79. The lowest BCUT2D eigenvalue weighted by Gasteiger charge is -2.06. The monoisotopic (exact) mass is 211 g/mol. The van der Waals surface area contributed by atoms with E-state index in [2.05, 4.69) is 12.1 Å². The fourth-order valence-electron chi connectivity index (χ4n) is 1.79. The number of hydrogen-bond acceptors (Lipinski definition) is 2. The van der Waals surface area contributed by atoms with Crippen molar-refractivity contribution in [1.29, 1.82) is 0 Å². The second kappa shape index (κ2) is 4.58. The minimum Gasteiger partial charge on any atom is -0.321 e. The zero-order valence-corrected chi connectivity index (χ0v) is 8.72. The predicted molar refractivity (Wildman–Crippen MR) is 58.7 cm³/mol. The number of carbonyl (C=O) groups is 1. The molecule has 2 nitrogen and oxygen atoms in total. The van der Waals surface area contributed by atoms with E-state index in [9.17, 15) is 4.79 Å². The van der Waals surface area contributed by atoms with Crippen LogP contribution in [0.5, 0.6) is 0 Å². The van der Waals surface area contributed by atoms with Gasteiger partial charge in [-0.1, -0.05) is 24.3 Å². The number of ketones is 1. The largest absolute Gasteiger partial charge is 0.321 e. The molecule has 3 heteroatoms. The van der Waals surface area contributed by atoms with Crippen LogP contribution in [-0.2, 0) is 17.6 Å². The summed E-state index contributed by atoms with van der Waals surface area (Å²) in [6, 6.07) is 7.87. The average Bonchev–Trinajstić information content (AvgIpc) is 2.28. The summed E-state index contributed by atoms with van der Waals surface area (Å²) >= 11 is 0. The van der Waals surface area contributed by atoms with E-state index >= 15 is 0 Å². The second-order valence-corrected chi connectivity index (χ2v) is 3.55. The van der Waals surface area contributed by atoms with Gasteiger partial charge in [-0.05, 0) is 24.0 Å². The van der Waals surface area contributed by atoms with Crippen LogP contribution in [0.25, 0.3) is 0 Å². The maximum Gasteiger partial charge on any atom is 0.150 e. The molecule has 0 bridgehead atoms. The molecule has 0 fully saturated rings. The van der Waals surface area contributed by atoms with Crippen molar-refractivity contribution < 1.29 is 4.79 Å². The van der Waals surface area contributed by atoms with E-state index in [0.717, 1.165) is 6.42 Å². The number of halogens is 1. The Hall–Kier alpha value is -0.860. The first-order valence-corrected chi connectivity index (χ1v) is 4.62. The van der Waals surface area contributed by atoms with Crippen LogP contribution >= 0.6 is 12.4 Å². The molecular formula is C11H14ClNO. The molecule has 1 aliphatic rings. The molecule has 0 aromatic heterocycles. The Bertz CT molecular complexity index is 338. The normalized spacial score (nSPS) is 20.6. The molecule has 1 atom stereocenters. The number of carbonyl (C=O) groups excluding carboxylic acids is 1. The maximum absolute atomic E-state index is 11.4. The van der Waals surface area contributed by atoms with E-state index in [-0.39, 0.29) is 24.2 Å². The highest BCUT2D eigenvalue weighted by molar-refractivity contribution is 5.85. The van der Waals surface area contributed by atoms with Crippen LogP contribution in [0.1, 0.15) is 17.5 Å². The number of Topliss-reactive ketones (excluding diaryl/α,β-unsaturated/α-hetero) is 1. The molecule has 0 amide bonds. The van der Waals surface area contributed by atoms with Gasteiger partial charge in [0.2, 0.25) is 0 Å². The van der Waals surface area contributed by atoms with Gasteiger partial charge in [0.25, 0.3) is 0 Å². The number of nitrogens with two attached hydrogens (primary N) is 1. The highest BCUT2D eigenvalue weighted by atomic mass is 35.5. The van der Waals surface area contributed by atoms with Crippen molar-refractivity contribution in [3.05, 3.63) is 35.4 Å². The van der Waals surface area contributed by atoms with Crippen molar-refractivity contribution in [3.63, 3.8) is 0 Å². The molecule has 0 aliphatic heterocycles. The van der Waals surface area contributed by atoms with E-state index in [1.165, 1.54) is 11.1 Å². The van der Waals surface area contributed by atoms with Crippen LogP contribution in [0.2, 0.25) is 0 Å². The second-order valence-electron chi connectivity index (χ2n) is 3.55. The van der Waals surface area contributed by atoms with Gasteiger partial charge in [0, 0.05) is 6.42 Å². The molecule has 1 unspecified atom stereocenters. The van der Waals surface area contributed by atoms with E-state index in [1.807, 2.05) is 12.1 Å². The number of rotatable bonds is 0. The Morgan fingerprint density at radius 1 is 1.14 bits per heavy atom. The van der Waals surface area contributed by atoms with Crippen molar-refractivity contribution in [3.8, 4) is 0 Å². The number of fused-ring (bicyclic) bond motifs is 1. The van der Waals surface area contributed by atoms with Crippen molar-refractivity contribution in [2.75, 3.05) is 0 Å². The summed E-state index contributed by atoms with van der Waals surface area (Å²) in [6.07, 6.45) is 2.15. The van der Waals surface area contributed by atoms with E-state index in [4.69, 9.17) is 5.73 Å². The molecule has 76 valence electrons. The Morgan fingerprint density at radius 3 is 2.50 bits per heavy atom. The average molecular weight is 212 g/mol. The standard InChI is InChI=1S/C11H13NO.ClH/c12-10-7-9-4-2-1-3-8(9)5-6-11(10)13;/h1-4,10H,5-7,12H2;1H. The van der Waals surface area contributed by atoms with Crippen molar-refractivity contribution in [2.24, 2.45) is 5.73 Å². The van der Waals surface area contributed by atoms with Gasteiger partial charge in [0.15, 0.2) is 0 Å². The summed E-state index contributed by atoms with van der Waals surface area (Å²) in [6.45, 7) is 0. The first-order chi connectivity index (χ1) is 6.27. The summed E-state index contributed by atoms with van der Waals surface area (Å²) in [5.41, 5.74) is 8.26. The van der Waals surface area contributed by atoms with Crippen molar-refractivity contribution in [2.45, 2.75) is 25.3 Å². The summed E-state index contributed by atoms with van der Waals surface area (Å²) in [7, 11) is 0. The van der Waals surface area contributed by atoms with Gasteiger partial charge in [0.05, 0.1) is 6.04 Å². The fraction of sp³-hybridized carbons (Fsp3) is 0.364. The van der Waals surface area contributed by atoms with E-state index < -0.39 is 0 Å². The molecule has 14 heavy (non-hydrogen) atoms. The summed E-state index contributed by atoms with van der Waals surface area (Å²) in [5.74, 6) is 0.191. The van der Waals surface area contributed by atoms with Gasteiger partial charge in [0.1, 0.15) is 5.78 Å². The van der Waals surface area contributed by atoms with Gasteiger partial charge in [-0.25, -0.2) is 0 Å². The lowest BCUT2D eigenvalue weighted by molar-refractivity contribution is -0.120. The molecular weight excluding hydrogens is 198 g/mol. The third kappa shape index (κ3) is 2.14. The first-order valence-electron chi connectivity index (χ1n) is 4.62. The zero-order valence-electron chi connectivity index (χ0n) is 7.90. The lowest BCUT2D eigenvalue weighted by atomic mass is 10.0. The third-order valence-corrected chi connectivity index (χ3v) is 2.61. The van der Waals surface area contributed by atoms with E-state index in [1.54, 1.807) is 0 Å². The lowest BCUT2D eigenvalue weighted by Crippen LogP contribution is -2.31. The topological polar surface area (TPSA) is 43.1 Å². The Kier molecular flexibility index (Phi) is 3.67. The van der Waals surface area contributed by atoms with Crippen molar-refractivity contribution in [1.82, 2.24) is 0 Å². The first kappa shape index (κ1) is 11.2. The van der Waals surface area contributed by atoms with Crippen LogP contribution < -0.4 is 5.73 Å². The predicted octanol–water partition coefficient (Wildman–Crippen LogP) is 1.49. The van der Waals surface area contributed by atoms with Crippen LogP contribution in [0.15, 0.2) is 24.3 Å². The van der Waals surface area contributed by atoms with Gasteiger partial charge in [-0.15, -0.1) is 12.4 Å². The Balaban J connectivity index is 0.000000980. The summed E-state index contributed by atoms with van der Waals surface area (Å²) in [4.78, 5) is 11.4. The van der Waals surface area contributed by atoms with Gasteiger partial charge >= 0.3 is 0 Å². The summed E-state index contributed by atoms with van der Waals surface area (Å²) in [5, 5.41) is 0. The maximum atomic E-state index is 11.4. The Labute approximate surface area is 89.9 Å². The highest BCUT2D eigenvalue weighted by Gasteiger charge is 2.19. The Morgan fingerprint density at radius 2 is 1.79 bits per heavy atom. The van der Waals surface area contributed by atoms with Crippen LogP contribution in [0.4, 0.5) is 0 Å². The molecule has 0 saturated carbocycles. The SMILES string of the molecule is Cl.NC1Cc2ccccc2CCC1=O. The molecule has 1 aromatic carbocycles. The van der Waals surface area contributed by atoms with Crippen LogP contribution in [0, 0.1) is 0 Å². The molecule has 2 rings (SSSR count). The third-order valence-electron chi connectivity index (χ3n) is 2.61. The molecule has 1 aliphatic carbocycles. The smallest absolute Gasteiger partial charge is 0.150 e. The van der Waals surface area contributed by atoms with Crippen LogP contribution in [0.3, 0.4) is 0 Å². The van der Waals surface area contributed by atoms with Crippen LogP contribution in [-0.4, -0.2) is 11.8 Å². The molecule has 2 N–H and O–H groups in total. The quantitative estimate of drug-likeness (QED) is 0.661. The molecule has 0 heterocycles. The zero-order chi connectivity index (χ0) is 9.26. The number of aryl methyl sites for hydroxylation is 1. The van der Waals surface area contributed by atoms with E-state index in [0.29, 0.717) is 12.8 Å². The van der Waals surface area contributed by atoms with Gasteiger partial charge in [-0.2, -0.15) is 0 Å². The minimum absolute atomic E-state index is 0. The van der Waals surface area contributed by atoms with Crippen molar-refractivity contribution >= 4 is 18.2 Å². The summed E-state index contributed by atoms with van der Waals surface area (Å²) < 4.78 is 0. The number of benzene rings is 1. The highest BCUT2D eigenvalue weighted by Crippen LogP contribution is 2.17. The van der Waals surface area contributed by atoms with Gasteiger partial charge < -0.3 is 5.73 Å².